The smallest absolute Gasteiger partial charge is 0.173 e. The summed E-state index contributed by atoms with van der Waals surface area (Å²) < 4.78 is 45.2. The lowest BCUT2D eigenvalue weighted by Gasteiger charge is -2.27. The molecule has 2 aromatic carbocycles. The minimum Gasteiger partial charge on any atom is -0.465 e. The molecule has 0 aliphatic carbocycles. The summed E-state index contributed by atoms with van der Waals surface area (Å²) in [7, 11) is 1.64. The van der Waals surface area contributed by atoms with Crippen LogP contribution in [-0.2, 0) is 23.4 Å². The lowest BCUT2D eigenvalue weighted by atomic mass is 9.84. The van der Waals surface area contributed by atoms with Crippen molar-refractivity contribution in [2.75, 3.05) is 20.3 Å². The molecule has 2 aromatic heterocycles. The summed E-state index contributed by atoms with van der Waals surface area (Å²) in [5, 5.41) is 11.8. The Kier molecular flexibility index (Phi) is 7.26. The zero-order valence-corrected chi connectivity index (χ0v) is 19.1. The lowest BCUT2D eigenvalue weighted by Crippen LogP contribution is -2.29. The van der Waals surface area contributed by atoms with Gasteiger partial charge in [0.25, 0.3) is 0 Å². The Morgan fingerprint density at radius 2 is 1.44 bits per heavy atom. The van der Waals surface area contributed by atoms with E-state index in [2.05, 4.69) is 4.90 Å². The molecule has 0 unspecified atom stereocenters. The molecule has 2 heterocycles. The molecule has 178 valence electrons. The van der Waals surface area contributed by atoms with Crippen molar-refractivity contribution >= 4 is 0 Å². The molecular weight excluding hydrogens is 440 g/mol. The van der Waals surface area contributed by atoms with Crippen LogP contribution in [0, 0.1) is 18.6 Å². The Morgan fingerprint density at radius 3 is 1.97 bits per heavy atom. The fourth-order valence-corrected chi connectivity index (χ4v) is 3.98. The summed E-state index contributed by atoms with van der Waals surface area (Å²) in [6.45, 7) is 4.01. The van der Waals surface area contributed by atoms with Gasteiger partial charge in [-0.15, -0.1) is 0 Å². The highest BCUT2D eigenvalue weighted by molar-refractivity contribution is 5.44. The quantitative estimate of drug-likeness (QED) is 0.339. The highest BCUT2D eigenvalue weighted by atomic mass is 19.1. The van der Waals surface area contributed by atoms with Crippen LogP contribution in [0.25, 0.3) is 0 Å². The molecule has 4 rings (SSSR count). The van der Waals surface area contributed by atoms with E-state index < -0.39 is 17.2 Å². The van der Waals surface area contributed by atoms with Gasteiger partial charge < -0.3 is 18.7 Å². The van der Waals surface area contributed by atoms with Crippen molar-refractivity contribution in [2.45, 2.75) is 25.6 Å². The number of furan rings is 2. The van der Waals surface area contributed by atoms with Crippen molar-refractivity contribution in [1.29, 1.82) is 0 Å². The first-order valence-electron chi connectivity index (χ1n) is 11.0. The van der Waals surface area contributed by atoms with Gasteiger partial charge in [0.15, 0.2) is 5.60 Å². The summed E-state index contributed by atoms with van der Waals surface area (Å²) in [6.07, 6.45) is 0. The molecule has 0 radical (unpaired) electrons. The molecule has 0 amide bonds. The maximum absolute atomic E-state index is 14.1. The Bertz CT molecular complexity index is 1190. The maximum Gasteiger partial charge on any atom is 0.173 e. The minimum absolute atomic E-state index is 0.166. The fraction of sp³-hybridized carbons (Fsp3) is 0.259. The van der Waals surface area contributed by atoms with E-state index in [4.69, 9.17) is 13.6 Å². The van der Waals surface area contributed by atoms with E-state index in [0.29, 0.717) is 32.0 Å². The first-order chi connectivity index (χ1) is 16.4. The molecule has 1 N–H and O–H groups in total. The molecule has 0 atom stereocenters. The molecule has 0 saturated carbocycles. The van der Waals surface area contributed by atoms with Gasteiger partial charge in [-0.05, 0) is 66.6 Å². The largest absolute Gasteiger partial charge is 0.465 e. The second kappa shape index (κ2) is 10.3. The summed E-state index contributed by atoms with van der Waals surface area (Å²) >= 11 is 0. The predicted octanol–water partition coefficient (Wildman–Crippen LogP) is 5.39. The van der Waals surface area contributed by atoms with E-state index in [1.54, 1.807) is 31.4 Å². The molecule has 4 aromatic rings. The number of aryl methyl sites for hydroxylation is 1. The van der Waals surface area contributed by atoms with Crippen LogP contribution in [0.15, 0.2) is 81.6 Å². The standard InChI is InChI=1S/C27H27F2NO4/c1-19-9-10-24(33-19)17-30(13-14-32-2)18-25-11-12-26(34-25)27(31,20-5-3-7-22(28)15-20)21-6-4-8-23(29)16-21/h3-12,15-16,31H,13-14,17-18H2,1-2H3. The lowest BCUT2D eigenvalue weighted by molar-refractivity contribution is 0.0920. The number of hydrogen-bond acceptors (Lipinski definition) is 5. The highest BCUT2D eigenvalue weighted by Gasteiger charge is 2.38. The third-order valence-electron chi connectivity index (χ3n) is 5.67. The SMILES string of the molecule is COCCN(Cc1ccc(C)o1)Cc1ccc(C(O)(c2cccc(F)c2)c2cccc(F)c2)o1. The van der Waals surface area contributed by atoms with E-state index in [0.717, 1.165) is 11.5 Å². The van der Waals surface area contributed by atoms with Gasteiger partial charge in [0, 0.05) is 13.7 Å². The number of rotatable bonds is 10. The third kappa shape index (κ3) is 5.28. The number of aliphatic hydroxyl groups is 1. The Morgan fingerprint density at radius 1 is 0.853 bits per heavy atom. The topological polar surface area (TPSA) is 59.0 Å². The number of benzene rings is 2. The monoisotopic (exact) mass is 467 g/mol. The van der Waals surface area contributed by atoms with Gasteiger partial charge in [-0.1, -0.05) is 24.3 Å². The van der Waals surface area contributed by atoms with Crippen LogP contribution in [0.4, 0.5) is 8.78 Å². The van der Waals surface area contributed by atoms with E-state index in [1.165, 1.54) is 36.4 Å². The number of halogens is 2. The Balaban J connectivity index is 1.66. The molecule has 0 bridgehead atoms. The molecule has 5 nitrogen and oxygen atoms in total. The Labute approximate surface area is 197 Å². The van der Waals surface area contributed by atoms with Crippen molar-refractivity contribution < 1.29 is 27.5 Å². The van der Waals surface area contributed by atoms with Crippen molar-refractivity contribution in [3.8, 4) is 0 Å². The first-order valence-corrected chi connectivity index (χ1v) is 11.0. The molecule has 34 heavy (non-hydrogen) atoms. The van der Waals surface area contributed by atoms with Gasteiger partial charge in [-0.2, -0.15) is 0 Å². The van der Waals surface area contributed by atoms with Crippen LogP contribution < -0.4 is 0 Å². The number of hydrogen-bond donors (Lipinski definition) is 1. The van der Waals surface area contributed by atoms with Crippen LogP contribution in [0.2, 0.25) is 0 Å². The fourth-order valence-electron chi connectivity index (χ4n) is 3.98. The average Bonchev–Trinajstić information content (AvgIpc) is 3.46. The van der Waals surface area contributed by atoms with Crippen LogP contribution in [0.5, 0.6) is 0 Å². The summed E-state index contributed by atoms with van der Waals surface area (Å²) in [6, 6.07) is 18.4. The van der Waals surface area contributed by atoms with E-state index >= 15 is 0 Å². The normalized spacial score (nSPS) is 11.9. The zero-order chi connectivity index (χ0) is 24.1. The third-order valence-corrected chi connectivity index (χ3v) is 5.67. The van der Waals surface area contributed by atoms with Crippen molar-refractivity contribution in [3.63, 3.8) is 0 Å². The van der Waals surface area contributed by atoms with Gasteiger partial charge >= 0.3 is 0 Å². The summed E-state index contributed by atoms with van der Waals surface area (Å²) in [5.41, 5.74) is -1.40. The molecule has 0 saturated heterocycles. The number of ether oxygens (including phenoxy) is 1. The van der Waals surface area contributed by atoms with E-state index in [9.17, 15) is 13.9 Å². The van der Waals surface area contributed by atoms with E-state index in [-0.39, 0.29) is 16.9 Å². The minimum atomic E-state index is -1.88. The second-order valence-corrected chi connectivity index (χ2v) is 8.21. The highest BCUT2D eigenvalue weighted by Crippen LogP contribution is 2.38. The number of methoxy groups -OCH3 is 1. The summed E-state index contributed by atoms with van der Waals surface area (Å²) in [5.74, 6) is 1.37. The number of nitrogens with zero attached hydrogens (tertiary/aromatic N) is 1. The molecular formula is C27H27F2NO4. The van der Waals surface area contributed by atoms with Crippen molar-refractivity contribution in [1.82, 2.24) is 4.90 Å². The van der Waals surface area contributed by atoms with Crippen LogP contribution >= 0.6 is 0 Å². The van der Waals surface area contributed by atoms with Gasteiger partial charge in [-0.3, -0.25) is 4.90 Å². The average molecular weight is 468 g/mol. The van der Waals surface area contributed by atoms with Gasteiger partial charge in [0.1, 0.15) is 34.7 Å². The molecule has 0 aliphatic heterocycles. The van der Waals surface area contributed by atoms with E-state index in [1.807, 2.05) is 19.1 Å². The molecule has 0 fully saturated rings. The zero-order valence-electron chi connectivity index (χ0n) is 19.1. The van der Waals surface area contributed by atoms with Crippen LogP contribution in [0.3, 0.4) is 0 Å². The second-order valence-electron chi connectivity index (χ2n) is 8.21. The van der Waals surface area contributed by atoms with Crippen LogP contribution in [-0.4, -0.2) is 30.3 Å². The van der Waals surface area contributed by atoms with Gasteiger partial charge in [0.2, 0.25) is 0 Å². The van der Waals surface area contributed by atoms with Gasteiger partial charge in [-0.25, -0.2) is 8.78 Å². The van der Waals surface area contributed by atoms with Crippen molar-refractivity contribution in [3.05, 3.63) is 119 Å². The van der Waals surface area contributed by atoms with Gasteiger partial charge in [0.05, 0.1) is 19.7 Å². The van der Waals surface area contributed by atoms with Crippen LogP contribution in [0.1, 0.15) is 34.2 Å². The molecule has 0 aliphatic rings. The maximum atomic E-state index is 14.1. The van der Waals surface area contributed by atoms with Crippen molar-refractivity contribution in [2.24, 2.45) is 0 Å². The predicted molar refractivity (Wildman–Crippen MR) is 123 cm³/mol. The summed E-state index contributed by atoms with van der Waals surface area (Å²) in [4.78, 5) is 2.09. The molecule has 0 spiro atoms. The Hall–Kier alpha value is -3.26. The molecule has 7 heteroatoms. The first kappa shape index (κ1) is 23.9.